The zero-order valence-corrected chi connectivity index (χ0v) is 17.3. The Morgan fingerprint density at radius 1 is 1.21 bits per heavy atom. The van der Waals surface area contributed by atoms with Crippen LogP contribution in [0.4, 0.5) is 0 Å². The molecule has 9 heteroatoms. The van der Waals surface area contributed by atoms with Gasteiger partial charge in [-0.15, -0.1) is 0 Å². The van der Waals surface area contributed by atoms with Crippen molar-refractivity contribution in [2.75, 3.05) is 14.2 Å². The minimum absolute atomic E-state index is 0.0622. The van der Waals surface area contributed by atoms with Gasteiger partial charge in [0.15, 0.2) is 0 Å². The molecular formula is C19H20ClN3O4S. The Balaban J connectivity index is 1.83. The van der Waals surface area contributed by atoms with Crippen LogP contribution in [0.3, 0.4) is 0 Å². The van der Waals surface area contributed by atoms with Gasteiger partial charge in [0.1, 0.15) is 5.75 Å². The second kappa shape index (κ2) is 8.30. The summed E-state index contributed by atoms with van der Waals surface area (Å²) in [6.07, 6.45) is 0.654. The molecular weight excluding hydrogens is 402 g/mol. The fourth-order valence-electron chi connectivity index (χ4n) is 2.72. The lowest BCUT2D eigenvalue weighted by molar-refractivity contribution is 0.336. The summed E-state index contributed by atoms with van der Waals surface area (Å²) in [4.78, 5) is 4.44. The first-order valence-electron chi connectivity index (χ1n) is 8.57. The van der Waals surface area contributed by atoms with E-state index in [2.05, 4.69) is 10.1 Å². The fraction of sp³-hybridized carbons (Fsp3) is 0.263. The van der Waals surface area contributed by atoms with Crippen molar-refractivity contribution < 1.29 is 17.7 Å². The molecule has 0 aliphatic rings. The number of sulfonamides is 1. The summed E-state index contributed by atoms with van der Waals surface area (Å²) in [5.74, 6) is 1.14. The van der Waals surface area contributed by atoms with E-state index in [1.807, 2.05) is 13.0 Å². The second-order valence-corrected chi connectivity index (χ2v) is 8.53. The molecule has 3 aromatic rings. The van der Waals surface area contributed by atoms with Crippen LogP contribution in [0, 0.1) is 0 Å². The van der Waals surface area contributed by atoms with Crippen molar-refractivity contribution in [3.05, 3.63) is 58.9 Å². The second-order valence-electron chi connectivity index (χ2n) is 6.08. The summed E-state index contributed by atoms with van der Waals surface area (Å²) in [5, 5.41) is 4.38. The summed E-state index contributed by atoms with van der Waals surface area (Å²) in [6, 6.07) is 11.9. The van der Waals surface area contributed by atoms with Gasteiger partial charge in [-0.1, -0.05) is 35.8 Å². The van der Waals surface area contributed by atoms with Crippen molar-refractivity contribution in [3.63, 3.8) is 0 Å². The van der Waals surface area contributed by atoms with Gasteiger partial charge in [-0.25, -0.2) is 8.42 Å². The predicted octanol–water partition coefficient (Wildman–Crippen LogP) is 3.78. The van der Waals surface area contributed by atoms with Gasteiger partial charge in [-0.05, 0) is 42.3 Å². The van der Waals surface area contributed by atoms with E-state index in [4.69, 9.17) is 20.9 Å². The molecule has 1 aromatic heterocycles. The lowest BCUT2D eigenvalue weighted by atomic mass is 10.1. The van der Waals surface area contributed by atoms with E-state index in [0.717, 1.165) is 9.87 Å². The van der Waals surface area contributed by atoms with Gasteiger partial charge >= 0.3 is 0 Å². The molecule has 2 aromatic carbocycles. The van der Waals surface area contributed by atoms with Crippen LogP contribution in [-0.4, -0.2) is 37.0 Å². The number of aryl methyl sites for hydroxylation is 1. The molecule has 28 heavy (non-hydrogen) atoms. The minimum atomic E-state index is -3.73. The average Bonchev–Trinajstić information content (AvgIpc) is 3.15. The van der Waals surface area contributed by atoms with E-state index in [0.29, 0.717) is 28.6 Å². The molecule has 0 aliphatic heterocycles. The van der Waals surface area contributed by atoms with Crippen molar-refractivity contribution in [1.29, 1.82) is 0 Å². The number of hydrogen-bond acceptors (Lipinski definition) is 6. The molecule has 0 unspecified atom stereocenters. The van der Waals surface area contributed by atoms with Gasteiger partial charge in [-0.2, -0.15) is 9.29 Å². The number of nitrogens with zero attached hydrogens (tertiary/aromatic N) is 3. The van der Waals surface area contributed by atoms with Gasteiger partial charge in [0, 0.05) is 12.6 Å². The molecule has 0 saturated heterocycles. The molecule has 148 valence electrons. The number of hydrogen-bond donors (Lipinski definition) is 0. The van der Waals surface area contributed by atoms with E-state index < -0.39 is 10.0 Å². The number of halogens is 1. The quantitative estimate of drug-likeness (QED) is 0.577. The normalized spacial score (nSPS) is 11.8. The lowest BCUT2D eigenvalue weighted by Gasteiger charge is -2.16. The average molecular weight is 422 g/mol. The molecule has 0 aliphatic carbocycles. The maximum Gasteiger partial charge on any atom is 0.243 e. The lowest BCUT2D eigenvalue weighted by Crippen LogP contribution is -2.26. The standard InChI is InChI=1S/C19H20ClN3O4S/c1-4-13-11-14(9-10-17(13)26-3)28(24,25)23(2)12-18-21-19(22-27-18)15-7-5-6-8-16(15)20/h5-11H,4,12H2,1-3H3. The van der Waals surface area contributed by atoms with Gasteiger partial charge in [0.05, 0.1) is 23.6 Å². The van der Waals surface area contributed by atoms with Crippen molar-refractivity contribution in [2.24, 2.45) is 0 Å². The molecule has 0 saturated carbocycles. The summed E-state index contributed by atoms with van der Waals surface area (Å²) in [7, 11) is -0.715. The number of aromatic nitrogens is 2. The first kappa shape index (κ1) is 20.3. The van der Waals surface area contributed by atoms with Gasteiger partial charge < -0.3 is 9.26 Å². The van der Waals surface area contributed by atoms with Gasteiger partial charge in [-0.3, -0.25) is 0 Å². The number of methoxy groups -OCH3 is 1. The third kappa shape index (κ3) is 4.04. The van der Waals surface area contributed by atoms with Crippen molar-refractivity contribution in [2.45, 2.75) is 24.8 Å². The highest BCUT2D eigenvalue weighted by Gasteiger charge is 2.24. The highest BCUT2D eigenvalue weighted by molar-refractivity contribution is 7.89. The summed E-state index contributed by atoms with van der Waals surface area (Å²) < 4.78 is 37.5. The zero-order chi connectivity index (χ0) is 20.3. The number of ether oxygens (including phenoxy) is 1. The minimum Gasteiger partial charge on any atom is -0.496 e. The number of benzene rings is 2. The van der Waals surface area contributed by atoms with E-state index in [9.17, 15) is 8.42 Å². The fourth-order valence-corrected chi connectivity index (χ4v) is 4.11. The van der Waals surface area contributed by atoms with Crippen LogP contribution in [0.2, 0.25) is 5.02 Å². The van der Waals surface area contributed by atoms with E-state index in [1.165, 1.54) is 13.1 Å². The van der Waals surface area contributed by atoms with Gasteiger partial charge in [0.25, 0.3) is 0 Å². The highest BCUT2D eigenvalue weighted by atomic mass is 35.5. The Kier molecular flexibility index (Phi) is 6.02. The van der Waals surface area contributed by atoms with Crippen LogP contribution >= 0.6 is 11.6 Å². The topological polar surface area (TPSA) is 85.5 Å². The Labute approximate surface area is 168 Å². The highest BCUT2D eigenvalue weighted by Crippen LogP contribution is 2.27. The van der Waals surface area contributed by atoms with Gasteiger partial charge in [0.2, 0.25) is 21.7 Å². The monoisotopic (exact) mass is 421 g/mol. The number of rotatable bonds is 7. The third-order valence-electron chi connectivity index (χ3n) is 4.28. The van der Waals surface area contributed by atoms with Crippen LogP contribution < -0.4 is 4.74 Å². The smallest absolute Gasteiger partial charge is 0.243 e. The van der Waals surface area contributed by atoms with Crippen LogP contribution in [0.1, 0.15) is 18.4 Å². The molecule has 0 atom stereocenters. The molecule has 1 heterocycles. The maximum absolute atomic E-state index is 12.9. The van der Waals surface area contributed by atoms with Crippen molar-refractivity contribution in [1.82, 2.24) is 14.4 Å². The Bertz CT molecular complexity index is 1080. The SMILES string of the molecule is CCc1cc(S(=O)(=O)N(C)Cc2nc(-c3ccccc3Cl)no2)ccc1OC. The predicted molar refractivity (Wildman–Crippen MR) is 106 cm³/mol. The molecule has 3 rings (SSSR count). The summed E-state index contributed by atoms with van der Waals surface area (Å²) >= 11 is 6.14. The summed E-state index contributed by atoms with van der Waals surface area (Å²) in [6.45, 7) is 1.87. The Morgan fingerprint density at radius 3 is 2.64 bits per heavy atom. The molecule has 0 fully saturated rings. The zero-order valence-electron chi connectivity index (χ0n) is 15.7. The van der Waals surface area contributed by atoms with Crippen LogP contribution in [0.15, 0.2) is 51.9 Å². The van der Waals surface area contributed by atoms with Crippen molar-refractivity contribution >= 4 is 21.6 Å². The molecule has 0 radical (unpaired) electrons. The van der Waals surface area contributed by atoms with Crippen LogP contribution in [0.25, 0.3) is 11.4 Å². The first-order valence-corrected chi connectivity index (χ1v) is 10.4. The molecule has 0 spiro atoms. The molecule has 7 nitrogen and oxygen atoms in total. The third-order valence-corrected chi connectivity index (χ3v) is 6.41. The van der Waals surface area contributed by atoms with Crippen LogP contribution in [-0.2, 0) is 23.0 Å². The molecule has 0 N–H and O–H groups in total. The summed E-state index contributed by atoms with van der Waals surface area (Å²) in [5.41, 5.74) is 1.43. The van der Waals surface area contributed by atoms with Crippen LogP contribution in [0.5, 0.6) is 5.75 Å². The largest absolute Gasteiger partial charge is 0.496 e. The molecule has 0 bridgehead atoms. The molecule has 0 amide bonds. The van der Waals surface area contributed by atoms with Crippen molar-refractivity contribution in [3.8, 4) is 17.1 Å². The Hall–Kier alpha value is -2.42. The first-order chi connectivity index (χ1) is 13.4. The van der Waals surface area contributed by atoms with E-state index in [-0.39, 0.29) is 17.3 Å². The maximum atomic E-state index is 12.9. The van der Waals surface area contributed by atoms with E-state index >= 15 is 0 Å². The Morgan fingerprint density at radius 2 is 1.96 bits per heavy atom. The van der Waals surface area contributed by atoms with E-state index in [1.54, 1.807) is 37.4 Å².